The highest BCUT2D eigenvalue weighted by atomic mass is 16.5. The molecule has 2 heterocycles. The van der Waals surface area contributed by atoms with E-state index in [0.717, 1.165) is 11.3 Å². The lowest BCUT2D eigenvalue weighted by molar-refractivity contribution is 0.0939. The summed E-state index contributed by atoms with van der Waals surface area (Å²) in [7, 11) is 0. The summed E-state index contributed by atoms with van der Waals surface area (Å²) in [5.74, 6) is 1.05. The molecule has 0 radical (unpaired) electrons. The Morgan fingerprint density at radius 3 is 2.64 bits per heavy atom. The first kappa shape index (κ1) is 19.2. The Hall–Kier alpha value is -3.55. The number of ether oxygens (including phenoxy) is 1. The fourth-order valence-corrected chi connectivity index (χ4v) is 2.63. The number of pyridine rings is 1. The molecule has 0 saturated heterocycles. The summed E-state index contributed by atoms with van der Waals surface area (Å²) in [5, 5.41) is 5.99. The summed E-state index contributed by atoms with van der Waals surface area (Å²) >= 11 is 0. The highest BCUT2D eigenvalue weighted by Gasteiger charge is 2.20. The fourth-order valence-electron chi connectivity index (χ4n) is 2.63. The summed E-state index contributed by atoms with van der Waals surface area (Å²) in [6.45, 7) is 5.94. The molecule has 8 heteroatoms. The first-order valence-corrected chi connectivity index (χ1v) is 8.98. The molecule has 0 aliphatic carbocycles. The second kappa shape index (κ2) is 8.43. The van der Waals surface area contributed by atoms with Gasteiger partial charge in [-0.15, -0.1) is 0 Å². The van der Waals surface area contributed by atoms with Crippen LogP contribution in [0.3, 0.4) is 0 Å². The van der Waals surface area contributed by atoms with Gasteiger partial charge in [-0.05, 0) is 45.0 Å². The van der Waals surface area contributed by atoms with Gasteiger partial charge in [0.15, 0.2) is 12.2 Å². The van der Waals surface area contributed by atoms with Gasteiger partial charge in [0.05, 0.1) is 18.5 Å². The molecule has 3 rings (SSSR count). The number of nitrogen functional groups attached to an aromatic ring is 1. The van der Waals surface area contributed by atoms with Gasteiger partial charge in [-0.3, -0.25) is 4.79 Å². The molecule has 146 valence electrons. The van der Waals surface area contributed by atoms with Crippen molar-refractivity contribution in [3.8, 4) is 17.2 Å². The third-order valence-corrected chi connectivity index (χ3v) is 3.82. The number of carbonyl (C=O) groups is 1. The lowest BCUT2D eigenvalue weighted by Crippen LogP contribution is -2.31. The molecule has 1 aromatic carbocycles. The minimum Gasteiger partial charge on any atom is -0.477 e. The first-order chi connectivity index (χ1) is 13.5. The zero-order valence-electron chi connectivity index (χ0n) is 16.0. The maximum Gasteiger partial charge on any atom is 0.259 e. The van der Waals surface area contributed by atoms with Gasteiger partial charge in [0.25, 0.3) is 5.91 Å². The van der Waals surface area contributed by atoms with Crippen LogP contribution in [-0.2, 0) is 0 Å². The van der Waals surface area contributed by atoms with Gasteiger partial charge in [-0.2, -0.15) is 4.98 Å². The molecule has 0 spiro atoms. The highest BCUT2D eigenvalue weighted by Crippen LogP contribution is 2.28. The topological polar surface area (TPSA) is 115 Å². The summed E-state index contributed by atoms with van der Waals surface area (Å²) in [4.78, 5) is 20.8. The molecule has 3 aromatic rings. The van der Waals surface area contributed by atoms with Gasteiger partial charge in [0, 0.05) is 23.4 Å². The number of carbonyl (C=O) groups excluding carboxylic acids is 1. The Balaban J connectivity index is 1.85. The summed E-state index contributed by atoms with van der Waals surface area (Å²) < 4.78 is 10.8. The number of aromatic nitrogens is 2. The third-order valence-electron chi connectivity index (χ3n) is 3.82. The largest absolute Gasteiger partial charge is 0.477 e. The molecule has 2 aromatic heterocycles. The van der Waals surface area contributed by atoms with Gasteiger partial charge < -0.3 is 25.5 Å². The zero-order valence-corrected chi connectivity index (χ0v) is 16.0. The first-order valence-electron chi connectivity index (χ1n) is 8.98. The van der Waals surface area contributed by atoms with Gasteiger partial charge >= 0.3 is 0 Å². The van der Waals surface area contributed by atoms with Crippen molar-refractivity contribution < 1.29 is 13.9 Å². The quantitative estimate of drug-likeness (QED) is 0.573. The molecule has 0 atom stereocenters. The van der Waals surface area contributed by atoms with Crippen LogP contribution < -0.4 is 21.1 Å². The van der Waals surface area contributed by atoms with Crippen molar-refractivity contribution in [1.29, 1.82) is 0 Å². The van der Waals surface area contributed by atoms with E-state index >= 15 is 0 Å². The lowest BCUT2D eigenvalue weighted by Gasteiger charge is -2.16. The Morgan fingerprint density at radius 1 is 1.29 bits per heavy atom. The maximum atomic E-state index is 12.4. The molecule has 4 N–H and O–H groups in total. The molecule has 0 bridgehead atoms. The molecule has 28 heavy (non-hydrogen) atoms. The molecular formula is C20H23N5O3. The number of nitrogens with two attached hydrogens (primary N) is 1. The molecule has 0 saturated carbocycles. The minimum atomic E-state index is -0.314. The number of amides is 1. The number of nitrogens with one attached hydrogen (secondary N) is 2. The van der Waals surface area contributed by atoms with E-state index in [-0.39, 0.29) is 29.1 Å². The second-order valence-corrected chi connectivity index (χ2v) is 6.41. The number of nitrogens with zero attached hydrogens (tertiary/aromatic N) is 2. The molecule has 8 nitrogen and oxygen atoms in total. The maximum absolute atomic E-state index is 12.4. The van der Waals surface area contributed by atoms with E-state index in [1.165, 1.54) is 6.39 Å². The van der Waals surface area contributed by atoms with Crippen molar-refractivity contribution in [3.05, 3.63) is 48.5 Å². The fraction of sp³-hybridized carbons (Fsp3) is 0.250. The number of oxazole rings is 1. The van der Waals surface area contributed by atoms with E-state index in [4.69, 9.17) is 14.9 Å². The van der Waals surface area contributed by atoms with Crippen molar-refractivity contribution in [3.63, 3.8) is 0 Å². The predicted octanol–water partition coefficient (Wildman–Crippen LogP) is 3.60. The molecule has 0 unspecified atom stereocenters. The van der Waals surface area contributed by atoms with E-state index in [9.17, 15) is 4.79 Å². The average Bonchev–Trinajstić information content (AvgIpc) is 3.16. The Bertz CT molecular complexity index is 937. The van der Waals surface area contributed by atoms with E-state index in [1.54, 1.807) is 12.3 Å². The minimum absolute atomic E-state index is 0.0259. The second-order valence-electron chi connectivity index (χ2n) is 6.41. The number of benzene rings is 1. The lowest BCUT2D eigenvalue weighted by atomic mass is 10.1. The Morgan fingerprint density at radius 2 is 2.04 bits per heavy atom. The molecule has 1 amide bonds. The van der Waals surface area contributed by atoms with Crippen molar-refractivity contribution in [1.82, 2.24) is 15.3 Å². The number of anilines is 3. The Labute approximate surface area is 163 Å². The van der Waals surface area contributed by atoms with Gasteiger partial charge in [0.2, 0.25) is 5.88 Å². The molecule has 0 aliphatic rings. The standard InChI is InChI=1S/C20H23N5O3/c1-4-27-20-18(19(26)23-12(2)3)15(21)9-17(25-20)24-14-7-5-13(6-8-14)16-10-22-11-28-16/h5-12H,4H2,1-3H3,(H,23,26)(H3,21,24,25). The number of hydrogen-bond acceptors (Lipinski definition) is 7. The molecule has 0 fully saturated rings. The van der Waals surface area contributed by atoms with Gasteiger partial charge in [0.1, 0.15) is 11.4 Å². The van der Waals surface area contributed by atoms with Gasteiger partial charge in [-0.1, -0.05) is 0 Å². The average molecular weight is 381 g/mol. The van der Waals surface area contributed by atoms with E-state index in [2.05, 4.69) is 20.6 Å². The van der Waals surface area contributed by atoms with Crippen LogP contribution in [0.15, 0.2) is 47.3 Å². The van der Waals surface area contributed by atoms with Crippen LogP contribution >= 0.6 is 0 Å². The molecule has 0 aliphatic heterocycles. The molecular weight excluding hydrogens is 358 g/mol. The van der Waals surface area contributed by atoms with E-state index in [1.807, 2.05) is 45.0 Å². The normalized spacial score (nSPS) is 10.7. The SMILES string of the molecule is CCOc1nc(Nc2ccc(-c3cnco3)cc2)cc(N)c1C(=O)NC(C)C. The van der Waals surface area contributed by atoms with Crippen LogP contribution in [0.1, 0.15) is 31.1 Å². The van der Waals surface area contributed by atoms with E-state index < -0.39 is 0 Å². The highest BCUT2D eigenvalue weighted by molar-refractivity contribution is 6.02. The van der Waals surface area contributed by atoms with Crippen LogP contribution in [0, 0.1) is 0 Å². The summed E-state index contributed by atoms with van der Waals surface area (Å²) in [6.07, 6.45) is 3.04. The van der Waals surface area contributed by atoms with Crippen molar-refractivity contribution >= 4 is 23.1 Å². The van der Waals surface area contributed by atoms with Crippen LogP contribution in [0.4, 0.5) is 17.2 Å². The summed E-state index contributed by atoms with van der Waals surface area (Å²) in [6, 6.07) is 9.16. The van der Waals surface area contributed by atoms with Crippen LogP contribution in [0.5, 0.6) is 5.88 Å². The van der Waals surface area contributed by atoms with Crippen LogP contribution in [0.25, 0.3) is 11.3 Å². The number of hydrogen-bond donors (Lipinski definition) is 3. The van der Waals surface area contributed by atoms with Crippen LogP contribution in [0.2, 0.25) is 0 Å². The zero-order chi connectivity index (χ0) is 20.1. The Kier molecular flexibility index (Phi) is 5.78. The van der Waals surface area contributed by atoms with E-state index in [0.29, 0.717) is 18.2 Å². The third kappa shape index (κ3) is 4.40. The smallest absolute Gasteiger partial charge is 0.259 e. The summed E-state index contributed by atoms with van der Waals surface area (Å²) in [5.41, 5.74) is 8.37. The predicted molar refractivity (Wildman–Crippen MR) is 108 cm³/mol. The van der Waals surface area contributed by atoms with Crippen LogP contribution in [-0.4, -0.2) is 28.5 Å². The van der Waals surface area contributed by atoms with Crippen molar-refractivity contribution in [2.75, 3.05) is 17.7 Å². The van der Waals surface area contributed by atoms with Gasteiger partial charge in [-0.25, -0.2) is 4.98 Å². The monoisotopic (exact) mass is 381 g/mol. The number of rotatable bonds is 7. The van der Waals surface area contributed by atoms with Crippen molar-refractivity contribution in [2.24, 2.45) is 0 Å². The van der Waals surface area contributed by atoms with Crippen molar-refractivity contribution in [2.45, 2.75) is 26.8 Å².